The highest BCUT2D eigenvalue weighted by molar-refractivity contribution is 6.74. The molecule has 0 saturated heterocycles. The van der Waals surface area contributed by atoms with E-state index in [-0.39, 0.29) is 10.9 Å². The van der Waals surface area contributed by atoms with Crippen LogP contribution in [0.3, 0.4) is 0 Å². The van der Waals surface area contributed by atoms with Gasteiger partial charge in [0.15, 0.2) is 8.32 Å². The lowest BCUT2D eigenvalue weighted by molar-refractivity contribution is -0.148. The van der Waals surface area contributed by atoms with Gasteiger partial charge in [-0.15, -0.1) is 0 Å². The van der Waals surface area contributed by atoms with E-state index in [0.29, 0.717) is 18.6 Å². The number of ether oxygens (including phenoxy) is 1. The fourth-order valence-corrected chi connectivity index (χ4v) is 3.13. The molecular weight excluding hydrogens is 334 g/mol. The molecule has 1 aromatic rings. The van der Waals surface area contributed by atoms with Crippen LogP contribution in [0.1, 0.15) is 44.5 Å². The summed E-state index contributed by atoms with van der Waals surface area (Å²) in [4.78, 5) is 24.7. The normalized spacial score (nSPS) is 14.5. The van der Waals surface area contributed by atoms with Crippen LogP contribution in [0, 0.1) is 0 Å². The molecule has 0 spiro atoms. The van der Waals surface area contributed by atoms with Gasteiger partial charge in [-0.05, 0) is 37.2 Å². The Morgan fingerprint density at radius 3 is 2.12 bits per heavy atom. The predicted octanol–water partition coefficient (Wildman–Crippen LogP) is 3.76. The standard InChI is InChI=1S/C19H31NO4Si/c1-18(2,3)25(6,7)24-14-13-19(4,17(22)23-5)20-16(21)15-11-9-8-10-12-15/h8-12H,13-14H2,1-7H3,(H,20,21). The molecule has 0 aliphatic heterocycles. The van der Waals surface area contributed by atoms with Gasteiger partial charge in [-0.2, -0.15) is 0 Å². The van der Waals surface area contributed by atoms with Crippen LogP contribution in [0.5, 0.6) is 0 Å². The van der Waals surface area contributed by atoms with Crippen LogP contribution < -0.4 is 5.32 Å². The molecule has 0 aliphatic carbocycles. The van der Waals surface area contributed by atoms with Gasteiger partial charge in [-0.1, -0.05) is 39.0 Å². The first-order valence-corrected chi connectivity index (χ1v) is 11.4. The topological polar surface area (TPSA) is 64.6 Å². The van der Waals surface area contributed by atoms with E-state index in [9.17, 15) is 9.59 Å². The molecule has 1 rings (SSSR count). The van der Waals surface area contributed by atoms with Crippen LogP contribution in [0.15, 0.2) is 30.3 Å². The average molecular weight is 366 g/mol. The SMILES string of the molecule is COC(=O)C(C)(CCO[Si](C)(C)C(C)(C)C)NC(=O)c1ccccc1. The summed E-state index contributed by atoms with van der Waals surface area (Å²) >= 11 is 0. The first-order chi connectivity index (χ1) is 11.4. The van der Waals surface area contributed by atoms with Crippen LogP contribution >= 0.6 is 0 Å². The number of benzene rings is 1. The molecule has 1 atom stereocenters. The molecule has 1 aromatic carbocycles. The third-order valence-electron chi connectivity index (χ3n) is 4.93. The lowest BCUT2D eigenvalue weighted by Crippen LogP contribution is -2.54. The van der Waals surface area contributed by atoms with Gasteiger partial charge < -0.3 is 14.5 Å². The Labute approximate surface area is 152 Å². The summed E-state index contributed by atoms with van der Waals surface area (Å²) in [5.41, 5.74) is -0.632. The Bertz CT molecular complexity index is 595. The minimum Gasteiger partial charge on any atom is -0.467 e. The Morgan fingerprint density at radius 1 is 1.08 bits per heavy atom. The van der Waals surface area contributed by atoms with Gasteiger partial charge in [0.2, 0.25) is 0 Å². The number of methoxy groups -OCH3 is 1. The van der Waals surface area contributed by atoms with Crippen LogP contribution in [0.4, 0.5) is 0 Å². The average Bonchev–Trinajstić information content (AvgIpc) is 2.53. The quantitative estimate of drug-likeness (QED) is 0.590. The maximum absolute atomic E-state index is 12.4. The number of rotatable bonds is 7. The summed E-state index contributed by atoms with van der Waals surface area (Å²) in [5.74, 6) is -0.781. The monoisotopic (exact) mass is 365 g/mol. The molecule has 0 radical (unpaired) electrons. The lowest BCUT2D eigenvalue weighted by atomic mass is 9.97. The number of nitrogens with one attached hydrogen (secondary N) is 1. The lowest BCUT2D eigenvalue weighted by Gasteiger charge is -2.37. The van der Waals surface area contributed by atoms with Gasteiger partial charge >= 0.3 is 5.97 Å². The molecule has 0 saturated carbocycles. The van der Waals surface area contributed by atoms with Crippen molar-refractivity contribution >= 4 is 20.2 Å². The number of hydrogen-bond donors (Lipinski definition) is 1. The molecule has 0 bridgehead atoms. The summed E-state index contributed by atoms with van der Waals surface area (Å²) in [6.45, 7) is 12.9. The summed E-state index contributed by atoms with van der Waals surface area (Å²) in [6, 6.07) is 8.82. The van der Waals surface area contributed by atoms with Crippen LogP contribution in [-0.4, -0.2) is 39.4 Å². The fraction of sp³-hybridized carbons (Fsp3) is 0.579. The van der Waals surface area contributed by atoms with Crippen molar-refractivity contribution in [1.82, 2.24) is 5.32 Å². The zero-order valence-corrected chi connectivity index (χ0v) is 17.4. The largest absolute Gasteiger partial charge is 0.467 e. The Hall–Kier alpha value is -1.66. The second-order valence-electron chi connectivity index (χ2n) is 8.00. The molecule has 1 unspecified atom stereocenters. The van der Waals surface area contributed by atoms with E-state index in [1.54, 1.807) is 31.2 Å². The van der Waals surface area contributed by atoms with Gasteiger partial charge in [0.1, 0.15) is 5.54 Å². The molecule has 0 heterocycles. The van der Waals surface area contributed by atoms with Crippen molar-refractivity contribution in [2.45, 2.75) is 57.8 Å². The van der Waals surface area contributed by atoms with E-state index in [1.165, 1.54) is 7.11 Å². The van der Waals surface area contributed by atoms with Gasteiger partial charge in [-0.3, -0.25) is 4.79 Å². The van der Waals surface area contributed by atoms with Crippen molar-refractivity contribution in [1.29, 1.82) is 0 Å². The molecule has 5 nitrogen and oxygen atoms in total. The molecule has 0 aliphatic rings. The second-order valence-corrected chi connectivity index (χ2v) is 12.8. The minimum atomic E-state index is -1.92. The highest BCUT2D eigenvalue weighted by Crippen LogP contribution is 2.36. The second kappa shape index (κ2) is 8.14. The van der Waals surface area contributed by atoms with Crippen LogP contribution in [-0.2, 0) is 14.0 Å². The van der Waals surface area contributed by atoms with Crippen molar-refractivity contribution in [3.8, 4) is 0 Å². The van der Waals surface area contributed by atoms with E-state index >= 15 is 0 Å². The van der Waals surface area contributed by atoms with Gasteiger partial charge in [0, 0.05) is 18.6 Å². The van der Waals surface area contributed by atoms with E-state index in [0.717, 1.165) is 0 Å². The highest BCUT2D eigenvalue weighted by Gasteiger charge is 2.40. The Morgan fingerprint density at radius 2 is 1.64 bits per heavy atom. The van der Waals surface area contributed by atoms with Gasteiger partial charge in [0.25, 0.3) is 5.91 Å². The van der Waals surface area contributed by atoms with Crippen LogP contribution in [0.2, 0.25) is 18.1 Å². The van der Waals surface area contributed by atoms with Crippen molar-refractivity contribution in [3.63, 3.8) is 0 Å². The van der Waals surface area contributed by atoms with E-state index in [2.05, 4.69) is 39.2 Å². The van der Waals surface area contributed by atoms with E-state index in [1.807, 2.05) is 6.07 Å². The zero-order valence-electron chi connectivity index (χ0n) is 16.4. The van der Waals surface area contributed by atoms with Crippen molar-refractivity contribution in [2.75, 3.05) is 13.7 Å². The third-order valence-corrected chi connectivity index (χ3v) is 9.47. The van der Waals surface area contributed by atoms with Gasteiger partial charge in [-0.25, -0.2) is 4.79 Å². The number of esters is 1. The van der Waals surface area contributed by atoms with Crippen molar-refractivity contribution < 1.29 is 18.8 Å². The third kappa shape index (κ3) is 5.68. The van der Waals surface area contributed by atoms with Crippen LogP contribution in [0.25, 0.3) is 0 Å². The maximum atomic E-state index is 12.4. The molecule has 25 heavy (non-hydrogen) atoms. The first kappa shape index (κ1) is 21.4. The number of hydrogen-bond acceptors (Lipinski definition) is 4. The van der Waals surface area contributed by atoms with E-state index < -0.39 is 19.8 Å². The van der Waals surface area contributed by atoms with E-state index in [4.69, 9.17) is 9.16 Å². The number of carbonyl (C=O) groups excluding carboxylic acids is 2. The minimum absolute atomic E-state index is 0.0853. The highest BCUT2D eigenvalue weighted by atomic mass is 28.4. The fourth-order valence-electron chi connectivity index (χ4n) is 2.08. The van der Waals surface area contributed by atoms with Crippen molar-refractivity contribution in [2.24, 2.45) is 0 Å². The van der Waals surface area contributed by atoms with Crippen molar-refractivity contribution in [3.05, 3.63) is 35.9 Å². The summed E-state index contributed by atoms with van der Waals surface area (Å²) in [5, 5.41) is 2.89. The molecule has 0 aromatic heterocycles. The number of amides is 1. The Kier molecular flexibility index (Phi) is 6.96. The smallest absolute Gasteiger partial charge is 0.331 e. The molecule has 140 valence electrons. The molecule has 0 fully saturated rings. The summed E-state index contributed by atoms with van der Waals surface area (Å²) in [7, 11) is -0.595. The zero-order chi connectivity index (χ0) is 19.3. The first-order valence-electron chi connectivity index (χ1n) is 8.53. The molecule has 1 amide bonds. The molecule has 6 heteroatoms. The summed E-state index contributed by atoms with van der Waals surface area (Å²) < 4.78 is 11.1. The Balaban J connectivity index is 2.83. The summed E-state index contributed by atoms with van der Waals surface area (Å²) in [6.07, 6.45) is 0.352. The van der Waals surface area contributed by atoms with Gasteiger partial charge in [0.05, 0.1) is 7.11 Å². The predicted molar refractivity (Wildman–Crippen MR) is 102 cm³/mol. The maximum Gasteiger partial charge on any atom is 0.331 e. The molecular formula is C19H31NO4Si. The molecule has 1 N–H and O–H groups in total. The number of carbonyl (C=O) groups is 2.